The Hall–Kier alpha value is -1.14. The molecule has 0 saturated carbocycles. The molecule has 0 aromatic heterocycles. The minimum Gasteiger partial charge on any atom is -0.481 e. The lowest BCUT2D eigenvalue weighted by Crippen LogP contribution is -2.39. The quantitative estimate of drug-likeness (QED) is 0.662. The maximum atomic E-state index is 11.3. The Kier molecular flexibility index (Phi) is 6.56. The van der Waals surface area contributed by atoms with Crippen molar-refractivity contribution in [1.29, 1.82) is 0 Å². The number of thioether (sulfide) groups is 1. The largest absolute Gasteiger partial charge is 0.481 e. The summed E-state index contributed by atoms with van der Waals surface area (Å²) >= 11 is 10.1. The number of aliphatic carboxylic acids is 1. The summed E-state index contributed by atoms with van der Waals surface area (Å²) in [6, 6.07) is 14.9. The van der Waals surface area contributed by atoms with Gasteiger partial charge in [0.15, 0.2) is 0 Å². The zero-order valence-electron chi connectivity index (χ0n) is 15.6. The summed E-state index contributed by atoms with van der Waals surface area (Å²) in [6.45, 7) is 2.65. The van der Waals surface area contributed by atoms with Crippen LogP contribution in [0.4, 0.5) is 0 Å². The van der Waals surface area contributed by atoms with Gasteiger partial charge in [-0.3, -0.25) is 4.79 Å². The molecule has 1 N–H and O–H groups in total. The molecule has 1 fully saturated rings. The average molecular weight is 434 g/mol. The maximum absolute atomic E-state index is 11.3. The number of carboxylic acid groups (broad SMARTS) is 1. The van der Waals surface area contributed by atoms with Gasteiger partial charge in [0.05, 0.1) is 5.92 Å². The van der Waals surface area contributed by atoms with Gasteiger partial charge in [-0.15, -0.1) is 0 Å². The number of carboxylic acids is 1. The second-order valence-corrected chi connectivity index (χ2v) is 10.3. The van der Waals surface area contributed by atoms with E-state index in [1.807, 2.05) is 29.6 Å². The van der Waals surface area contributed by atoms with Crippen LogP contribution in [0.25, 0.3) is 0 Å². The van der Waals surface area contributed by atoms with Gasteiger partial charge in [-0.25, -0.2) is 0 Å². The van der Waals surface area contributed by atoms with Gasteiger partial charge in [0.1, 0.15) is 0 Å². The number of piperidine rings is 1. The van der Waals surface area contributed by atoms with Crippen molar-refractivity contribution >= 4 is 41.1 Å². The summed E-state index contributed by atoms with van der Waals surface area (Å²) in [5, 5.41) is 10.5. The molecule has 1 saturated heterocycles. The SMILES string of the molecule is O=C(O)C1CCCN(CCSC2Cc3cc(Cl)ccc3Sc3ccccc32)C1. The van der Waals surface area contributed by atoms with Crippen LogP contribution in [0.3, 0.4) is 0 Å². The first-order valence-electron chi connectivity index (χ1n) is 9.72. The molecule has 4 rings (SSSR count). The molecular weight excluding hydrogens is 410 g/mol. The van der Waals surface area contributed by atoms with Crippen molar-refractivity contribution in [3.05, 3.63) is 58.6 Å². The number of nitrogens with zero attached hydrogens (tertiary/aromatic N) is 1. The fourth-order valence-electron chi connectivity index (χ4n) is 4.01. The predicted molar refractivity (Wildman–Crippen MR) is 118 cm³/mol. The van der Waals surface area contributed by atoms with Crippen molar-refractivity contribution in [2.75, 3.05) is 25.4 Å². The van der Waals surface area contributed by atoms with Crippen molar-refractivity contribution in [1.82, 2.24) is 4.90 Å². The molecule has 148 valence electrons. The molecule has 2 aromatic rings. The van der Waals surface area contributed by atoms with Crippen LogP contribution in [0.2, 0.25) is 5.02 Å². The summed E-state index contributed by atoms with van der Waals surface area (Å²) in [4.78, 5) is 16.2. The zero-order chi connectivity index (χ0) is 19.5. The van der Waals surface area contributed by atoms with Crippen LogP contribution in [0.1, 0.15) is 29.2 Å². The molecule has 0 aliphatic carbocycles. The van der Waals surface area contributed by atoms with Crippen LogP contribution in [0.15, 0.2) is 52.3 Å². The second-order valence-electron chi connectivity index (χ2n) is 7.43. The minimum atomic E-state index is -0.652. The van der Waals surface area contributed by atoms with E-state index >= 15 is 0 Å². The van der Waals surface area contributed by atoms with Gasteiger partial charge in [0.25, 0.3) is 0 Å². The molecule has 2 unspecified atom stereocenters. The topological polar surface area (TPSA) is 40.5 Å². The van der Waals surface area contributed by atoms with Crippen LogP contribution in [0.5, 0.6) is 0 Å². The fourth-order valence-corrected chi connectivity index (χ4v) is 6.73. The number of rotatable bonds is 5. The van der Waals surface area contributed by atoms with Crippen molar-refractivity contribution in [3.8, 4) is 0 Å². The monoisotopic (exact) mass is 433 g/mol. The third-order valence-corrected chi connectivity index (χ3v) is 8.18. The van der Waals surface area contributed by atoms with Crippen LogP contribution in [0, 0.1) is 5.92 Å². The number of benzene rings is 2. The van der Waals surface area contributed by atoms with Gasteiger partial charge in [-0.1, -0.05) is 41.6 Å². The Labute approximate surface area is 179 Å². The molecule has 0 amide bonds. The van der Waals surface area contributed by atoms with Crippen molar-refractivity contribution < 1.29 is 9.90 Å². The maximum Gasteiger partial charge on any atom is 0.307 e. The van der Waals surface area contributed by atoms with E-state index < -0.39 is 5.97 Å². The lowest BCUT2D eigenvalue weighted by molar-refractivity contribution is -0.143. The molecule has 2 aliphatic rings. The highest BCUT2D eigenvalue weighted by Crippen LogP contribution is 2.46. The number of hydrogen-bond acceptors (Lipinski definition) is 4. The van der Waals surface area contributed by atoms with Crippen LogP contribution in [-0.4, -0.2) is 41.4 Å². The van der Waals surface area contributed by atoms with Gasteiger partial charge < -0.3 is 10.0 Å². The molecule has 28 heavy (non-hydrogen) atoms. The summed E-state index contributed by atoms with van der Waals surface area (Å²) in [5.41, 5.74) is 2.71. The van der Waals surface area contributed by atoms with Crippen LogP contribution in [-0.2, 0) is 11.2 Å². The highest BCUT2D eigenvalue weighted by Gasteiger charge is 2.26. The highest BCUT2D eigenvalue weighted by atomic mass is 35.5. The van der Waals surface area contributed by atoms with Crippen molar-refractivity contribution in [2.45, 2.75) is 34.3 Å². The lowest BCUT2D eigenvalue weighted by Gasteiger charge is -2.30. The van der Waals surface area contributed by atoms with Gasteiger partial charge in [0.2, 0.25) is 0 Å². The third-order valence-electron chi connectivity index (χ3n) is 5.49. The second kappa shape index (κ2) is 9.12. The Bertz CT molecular complexity index is 860. The summed E-state index contributed by atoms with van der Waals surface area (Å²) < 4.78 is 0. The van der Waals surface area contributed by atoms with Crippen molar-refractivity contribution in [2.24, 2.45) is 5.92 Å². The van der Waals surface area contributed by atoms with E-state index in [4.69, 9.17) is 11.6 Å². The Morgan fingerprint density at radius 3 is 2.96 bits per heavy atom. The fraction of sp³-hybridized carbons (Fsp3) is 0.409. The minimum absolute atomic E-state index is 0.206. The van der Waals surface area contributed by atoms with Gasteiger partial charge in [-0.05, 0) is 61.2 Å². The molecule has 2 atom stereocenters. The Balaban J connectivity index is 1.45. The Morgan fingerprint density at radius 2 is 2.11 bits per heavy atom. The van der Waals surface area contributed by atoms with Gasteiger partial charge in [0, 0.05) is 38.9 Å². The number of hydrogen-bond donors (Lipinski definition) is 1. The van der Waals surface area contributed by atoms with Crippen molar-refractivity contribution in [3.63, 3.8) is 0 Å². The van der Waals surface area contributed by atoms with E-state index in [1.165, 1.54) is 20.9 Å². The van der Waals surface area contributed by atoms with E-state index in [2.05, 4.69) is 41.3 Å². The Morgan fingerprint density at radius 1 is 1.25 bits per heavy atom. The smallest absolute Gasteiger partial charge is 0.307 e. The van der Waals surface area contributed by atoms with Gasteiger partial charge in [-0.2, -0.15) is 11.8 Å². The van der Waals surface area contributed by atoms with E-state index in [0.717, 1.165) is 43.1 Å². The summed E-state index contributed by atoms with van der Waals surface area (Å²) in [5.74, 6) is 0.148. The molecule has 6 heteroatoms. The molecule has 2 aromatic carbocycles. The molecule has 3 nitrogen and oxygen atoms in total. The van der Waals surface area contributed by atoms with Crippen LogP contribution < -0.4 is 0 Å². The lowest BCUT2D eigenvalue weighted by atomic mass is 9.98. The van der Waals surface area contributed by atoms with Crippen LogP contribution >= 0.6 is 35.1 Å². The van der Waals surface area contributed by atoms with E-state index in [-0.39, 0.29) is 5.92 Å². The number of fused-ring (bicyclic) bond motifs is 2. The van der Waals surface area contributed by atoms with E-state index in [9.17, 15) is 9.90 Å². The molecule has 0 radical (unpaired) electrons. The first kappa shape index (κ1) is 20.1. The normalized spacial score (nSPS) is 22.2. The molecular formula is C22H24ClNO2S2. The summed E-state index contributed by atoms with van der Waals surface area (Å²) in [7, 11) is 0. The number of likely N-dealkylation sites (tertiary alicyclic amines) is 1. The molecule has 0 spiro atoms. The number of halogens is 1. The third kappa shape index (κ3) is 4.70. The first-order chi connectivity index (χ1) is 13.6. The van der Waals surface area contributed by atoms with Gasteiger partial charge >= 0.3 is 5.97 Å². The summed E-state index contributed by atoms with van der Waals surface area (Å²) in [6.07, 6.45) is 2.77. The molecule has 0 bridgehead atoms. The number of carbonyl (C=O) groups is 1. The zero-order valence-corrected chi connectivity index (χ0v) is 18.0. The predicted octanol–water partition coefficient (Wildman–Crippen LogP) is 5.62. The van der Waals surface area contributed by atoms with E-state index in [1.54, 1.807) is 0 Å². The average Bonchev–Trinajstić information content (AvgIpc) is 2.84. The standard InChI is InChI=1S/C22H24ClNO2S2/c23-17-7-8-19-16(12-17)13-21(18-5-1-2-6-20(18)28-19)27-11-10-24-9-3-4-15(14-24)22(25)26/h1-2,5-8,12,15,21H,3-4,9-11,13-14H2,(H,25,26). The van der Waals surface area contributed by atoms with E-state index in [0.29, 0.717) is 11.8 Å². The molecule has 2 aliphatic heterocycles. The molecule has 2 heterocycles. The first-order valence-corrected chi connectivity index (χ1v) is 12.0. The highest BCUT2D eigenvalue weighted by molar-refractivity contribution is 8.00.